The van der Waals surface area contributed by atoms with Gasteiger partial charge in [0.1, 0.15) is 18.1 Å². The molecule has 0 bridgehead atoms. The molecule has 32 heavy (non-hydrogen) atoms. The molecule has 0 saturated carbocycles. The van der Waals surface area contributed by atoms with E-state index in [1.807, 2.05) is 13.0 Å². The first kappa shape index (κ1) is 23.7. The molecule has 1 atom stereocenters. The van der Waals surface area contributed by atoms with Crippen molar-refractivity contribution < 1.29 is 23.8 Å². The summed E-state index contributed by atoms with van der Waals surface area (Å²) in [4.78, 5) is 24.5. The van der Waals surface area contributed by atoms with Crippen LogP contribution in [0.4, 0.5) is 11.4 Å². The average Bonchev–Trinajstić information content (AvgIpc) is 3.29. The van der Waals surface area contributed by atoms with Gasteiger partial charge in [-0.05, 0) is 55.7 Å². The maximum absolute atomic E-state index is 12.2. The molecule has 0 aliphatic carbocycles. The fraction of sp³-hybridized carbons (Fsp3) is 0.391. The Kier molecular flexibility index (Phi) is 8.58. The highest BCUT2D eigenvalue weighted by atomic mass is 35.5. The smallest absolute Gasteiger partial charge is 0.243 e. The quantitative estimate of drug-likeness (QED) is 0.501. The van der Waals surface area contributed by atoms with Crippen LogP contribution in [0.5, 0.6) is 11.5 Å². The summed E-state index contributed by atoms with van der Waals surface area (Å²) in [5.74, 6) is 0.433. The van der Waals surface area contributed by atoms with Gasteiger partial charge in [-0.25, -0.2) is 0 Å². The van der Waals surface area contributed by atoms with E-state index in [2.05, 4.69) is 16.0 Å². The van der Waals surface area contributed by atoms with Gasteiger partial charge in [0, 0.05) is 11.6 Å². The van der Waals surface area contributed by atoms with E-state index in [1.54, 1.807) is 30.3 Å². The third-order valence-corrected chi connectivity index (χ3v) is 5.14. The molecule has 2 aromatic carbocycles. The number of ether oxygens (including phenoxy) is 3. The van der Waals surface area contributed by atoms with Crippen molar-refractivity contribution in [3.05, 3.63) is 47.0 Å². The number of aryl methyl sites for hydroxylation is 1. The van der Waals surface area contributed by atoms with Crippen LogP contribution in [0.25, 0.3) is 0 Å². The zero-order valence-corrected chi connectivity index (χ0v) is 19.0. The third-order valence-electron chi connectivity index (χ3n) is 4.90. The van der Waals surface area contributed by atoms with Crippen molar-refractivity contribution in [1.82, 2.24) is 5.32 Å². The number of amides is 2. The van der Waals surface area contributed by atoms with Gasteiger partial charge in [0.2, 0.25) is 11.8 Å². The van der Waals surface area contributed by atoms with Crippen molar-refractivity contribution in [1.29, 1.82) is 0 Å². The monoisotopic (exact) mass is 461 g/mol. The van der Waals surface area contributed by atoms with Crippen LogP contribution in [0.15, 0.2) is 36.4 Å². The maximum atomic E-state index is 12.2. The first-order valence-corrected chi connectivity index (χ1v) is 10.8. The standard InChI is InChI=1S/C23H28ClN3O5/c1-15-5-7-20(30-2)19(10-15)27-23(29)13-26-22(28)12-25-18-11-16(24)6-8-21(18)32-14-17-4-3-9-31-17/h5-8,10-11,17,25H,3-4,9,12-14H2,1-2H3,(H,26,28)(H,27,29). The lowest BCUT2D eigenvalue weighted by molar-refractivity contribution is -0.122. The maximum Gasteiger partial charge on any atom is 0.243 e. The lowest BCUT2D eigenvalue weighted by Gasteiger charge is -2.16. The van der Waals surface area contributed by atoms with Gasteiger partial charge in [-0.3, -0.25) is 9.59 Å². The fourth-order valence-electron chi connectivity index (χ4n) is 3.26. The molecule has 1 fully saturated rings. The molecule has 1 aliphatic heterocycles. The molecule has 172 valence electrons. The number of rotatable bonds is 10. The molecule has 1 saturated heterocycles. The normalized spacial score (nSPS) is 15.2. The number of halogens is 1. The summed E-state index contributed by atoms with van der Waals surface area (Å²) in [6, 6.07) is 10.6. The zero-order valence-electron chi connectivity index (χ0n) is 18.2. The van der Waals surface area contributed by atoms with E-state index >= 15 is 0 Å². The number of carbonyl (C=O) groups excluding carboxylic acids is 2. The molecular weight excluding hydrogens is 434 g/mol. The highest BCUT2D eigenvalue weighted by molar-refractivity contribution is 6.30. The van der Waals surface area contributed by atoms with E-state index in [1.165, 1.54) is 7.11 Å². The van der Waals surface area contributed by atoms with E-state index in [4.69, 9.17) is 25.8 Å². The van der Waals surface area contributed by atoms with Gasteiger partial charge in [-0.15, -0.1) is 0 Å². The first-order chi connectivity index (χ1) is 15.4. The summed E-state index contributed by atoms with van der Waals surface area (Å²) < 4.78 is 16.7. The summed E-state index contributed by atoms with van der Waals surface area (Å²) in [5.41, 5.74) is 2.13. The second-order valence-corrected chi connectivity index (χ2v) is 7.91. The Bertz CT molecular complexity index is 947. The van der Waals surface area contributed by atoms with Crippen LogP contribution in [0.3, 0.4) is 0 Å². The minimum atomic E-state index is -0.356. The summed E-state index contributed by atoms with van der Waals surface area (Å²) >= 11 is 6.09. The predicted octanol–water partition coefficient (Wildman–Crippen LogP) is 3.38. The van der Waals surface area contributed by atoms with Gasteiger partial charge in [-0.2, -0.15) is 0 Å². The molecule has 3 rings (SSSR count). The second kappa shape index (κ2) is 11.6. The molecule has 9 heteroatoms. The zero-order chi connectivity index (χ0) is 22.9. The Hall–Kier alpha value is -2.97. The number of anilines is 2. The van der Waals surface area contributed by atoms with Crippen molar-refractivity contribution >= 4 is 34.8 Å². The van der Waals surface area contributed by atoms with Gasteiger partial charge in [-0.1, -0.05) is 17.7 Å². The first-order valence-electron chi connectivity index (χ1n) is 10.4. The molecule has 1 aliphatic rings. The summed E-state index contributed by atoms with van der Waals surface area (Å²) in [7, 11) is 1.53. The Morgan fingerprint density at radius 3 is 2.66 bits per heavy atom. The van der Waals surface area contributed by atoms with E-state index in [0.29, 0.717) is 34.5 Å². The van der Waals surface area contributed by atoms with E-state index < -0.39 is 0 Å². The molecule has 3 N–H and O–H groups in total. The van der Waals surface area contributed by atoms with Gasteiger partial charge < -0.3 is 30.2 Å². The molecule has 0 radical (unpaired) electrons. The summed E-state index contributed by atoms with van der Waals surface area (Å²) in [6.07, 6.45) is 2.08. The van der Waals surface area contributed by atoms with Crippen LogP contribution in [0, 0.1) is 6.92 Å². The van der Waals surface area contributed by atoms with Gasteiger partial charge in [0.05, 0.1) is 37.7 Å². The largest absolute Gasteiger partial charge is 0.495 e. The lowest BCUT2D eigenvalue weighted by atomic mass is 10.2. The lowest BCUT2D eigenvalue weighted by Crippen LogP contribution is -2.36. The molecule has 8 nitrogen and oxygen atoms in total. The van der Waals surface area contributed by atoms with Crippen LogP contribution in [-0.4, -0.2) is 51.3 Å². The Morgan fingerprint density at radius 1 is 1.09 bits per heavy atom. The fourth-order valence-corrected chi connectivity index (χ4v) is 3.43. The number of benzene rings is 2. The predicted molar refractivity (Wildman–Crippen MR) is 124 cm³/mol. The van der Waals surface area contributed by atoms with Crippen molar-refractivity contribution in [3.63, 3.8) is 0 Å². The average molecular weight is 462 g/mol. The highest BCUT2D eigenvalue weighted by Crippen LogP contribution is 2.29. The number of carbonyl (C=O) groups is 2. The van der Waals surface area contributed by atoms with Crippen molar-refractivity contribution in [2.24, 2.45) is 0 Å². The molecule has 0 spiro atoms. The molecule has 1 heterocycles. The highest BCUT2D eigenvalue weighted by Gasteiger charge is 2.17. The number of nitrogens with one attached hydrogen (secondary N) is 3. The summed E-state index contributed by atoms with van der Waals surface area (Å²) in [6.45, 7) is 2.89. The van der Waals surface area contributed by atoms with Crippen LogP contribution in [0.2, 0.25) is 5.02 Å². The van der Waals surface area contributed by atoms with Crippen LogP contribution < -0.4 is 25.4 Å². The van der Waals surface area contributed by atoms with Crippen LogP contribution in [-0.2, 0) is 14.3 Å². The number of methoxy groups -OCH3 is 1. The second-order valence-electron chi connectivity index (χ2n) is 7.47. The number of hydrogen-bond donors (Lipinski definition) is 3. The van der Waals surface area contributed by atoms with E-state index in [9.17, 15) is 9.59 Å². The van der Waals surface area contributed by atoms with Crippen LogP contribution in [0.1, 0.15) is 18.4 Å². The molecule has 1 unspecified atom stereocenters. The van der Waals surface area contributed by atoms with E-state index in [-0.39, 0.29) is 31.0 Å². The van der Waals surface area contributed by atoms with Crippen LogP contribution >= 0.6 is 11.6 Å². The molecule has 0 aromatic heterocycles. The summed E-state index contributed by atoms with van der Waals surface area (Å²) in [5, 5.41) is 8.86. The van der Waals surface area contributed by atoms with Gasteiger partial charge in [0.15, 0.2) is 0 Å². The Labute approximate surface area is 192 Å². The van der Waals surface area contributed by atoms with Crippen molar-refractivity contribution in [2.45, 2.75) is 25.9 Å². The Morgan fingerprint density at radius 2 is 1.91 bits per heavy atom. The number of hydrogen-bond acceptors (Lipinski definition) is 6. The Balaban J connectivity index is 1.47. The van der Waals surface area contributed by atoms with Gasteiger partial charge in [0.25, 0.3) is 0 Å². The minimum Gasteiger partial charge on any atom is -0.495 e. The van der Waals surface area contributed by atoms with Crippen molar-refractivity contribution in [2.75, 3.05) is 44.0 Å². The molecular formula is C23H28ClN3O5. The van der Waals surface area contributed by atoms with Gasteiger partial charge >= 0.3 is 0 Å². The minimum absolute atomic E-state index is 0.0440. The molecule has 2 aromatic rings. The van der Waals surface area contributed by atoms with Crippen molar-refractivity contribution in [3.8, 4) is 11.5 Å². The topological polar surface area (TPSA) is 97.9 Å². The third kappa shape index (κ3) is 7.03. The SMILES string of the molecule is COc1ccc(C)cc1NC(=O)CNC(=O)CNc1cc(Cl)ccc1OCC1CCCO1. The molecule has 2 amide bonds. The van der Waals surface area contributed by atoms with E-state index in [0.717, 1.165) is 25.0 Å².